The molecule has 5 nitrogen and oxygen atoms in total. The van der Waals surface area contributed by atoms with E-state index >= 15 is 0 Å². The SMILES string of the molecule is CN=C(NCc1ccccc1OCCN(C)C)NC(C)C. The normalized spacial score (nSPS) is 11.9. The first-order valence-electron chi connectivity index (χ1n) is 7.35. The standard InChI is InChI=1S/C16H28N4O/c1-13(2)19-16(17-3)18-12-14-8-6-7-9-15(14)21-11-10-20(4)5/h6-9,13H,10-12H2,1-5H3,(H2,17,18,19). The van der Waals surface area contributed by atoms with Crippen molar-refractivity contribution in [3.05, 3.63) is 29.8 Å². The van der Waals surface area contributed by atoms with Gasteiger partial charge in [-0.1, -0.05) is 18.2 Å². The minimum Gasteiger partial charge on any atom is -0.492 e. The summed E-state index contributed by atoms with van der Waals surface area (Å²) >= 11 is 0. The Balaban J connectivity index is 2.58. The lowest BCUT2D eigenvalue weighted by molar-refractivity contribution is 0.259. The van der Waals surface area contributed by atoms with Crippen molar-refractivity contribution in [3.63, 3.8) is 0 Å². The Morgan fingerprint density at radius 3 is 2.62 bits per heavy atom. The fourth-order valence-electron chi connectivity index (χ4n) is 1.78. The van der Waals surface area contributed by atoms with E-state index < -0.39 is 0 Å². The number of likely N-dealkylation sites (N-methyl/N-ethyl adjacent to an activating group) is 1. The first kappa shape index (κ1) is 17.3. The zero-order valence-corrected chi connectivity index (χ0v) is 13.8. The molecule has 5 heteroatoms. The molecule has 118 valence electrons. The predicted octanol–water partition coefficient (Wildman–Crippen LogP) is 1.70. The molecule has 1 rings (SSSR count). The molecule has 0 unspecified atom stereocenters. The van der Waals surface area contributed by atoms with Gasteiger partial charge in [0.05, 0.1) is 0 Å². The molecule has 0 amide bonds. The zero-order valence-electron chi connectivity index (χ0n) is 13.8. The van der Waals surface area contributed by atoms with E-state index in [1.165, 1.54) is 0 Å². The number of para-hydroxylation sites is 1. The van der Waals surface area contributed by atoms with Crippen LogP contribution in [0.15, 0.2) is 29.3 Å². The van der Waals surface area contributed by atoms with Crippen molar-refractivity contribution in [2.24, 2.45) is 4.99 Å². The Morgan fingerprint density at radius 2 is 2.00 bits per heavy atom. The van der Waals surface area contributed by atoms with E-state index in [1.54, 1.807) is 7.05 Å². The highest BCUT2D eigenvalue weighted by Crippen LogP contribution is 2.17. The van der Waals surface area contributed by atoms with Gasteiger partial charge < -0.3 is 20.3 Å². The van der Waals surface area contributed by atoms with Crippen LogP contribution in [0.2, 0.25) is 0 Å². The lowest BCUT2D eigenvalue weighted by atomic mass is 10.2. The molecule has 0 bridgehead atoms. The number of nitrogens with one attached hydrogen (secondary N) is 2. The monoisotopic (exact) mass is 292 g/mol. The van der Waals surface area contributed by atoms with Gasteiger partial charge in [0.1, 0.15) is 12.4 Å². The van der Waals surface area contributed by atoms with Crippen molar-refractivity contribution >= 4 is 5.96 Å². The Hall–Kier alpha value is -1.75. The van der Waals surface area contributed by atoms with Gasteiger partial charge in [-0.05, 0) is 34.0 Å². The van der Waals surface area contributed by atoms with Crippen molar-refractivity contribution in [3.8, 4) is 5.75 Å². The van der Waals surface area contributed by atoms with E-state index in [1.807, 2.05) is 32.3 Å². The highest BCUT2D eigenvalue weighted by Gasteiger charge is 2.05. The molecule has 1 aromatic rings. The molecule has 0 heterocycles. The Labute approximate surface area is 128 Å². The average molecular weight is 292 g/mol. The molecule has 0 aliphatic rings. The van der Waals surface area contributed by atoms with E-state index in [0.29, 0.717) is 19.2 Å². The van der Waals surface area contributed by atoms with Crippen LogP contribution in [0.5, 0.6) is 5.75 Å². The summed E-state index contributed by atoms with van der Waals surface area (Å²) in [5.74, 6) is 1.72. The quantitative estimate of drug-likeness (QED) is 0.593. The third kappa shape index (κ3) is 6.99. The smallest absolute Gasteiger partial charge is 0.191 e. The van der Waals surface area contributed by atoms with Crippen molar-refractivity contribution in [1.29, 1.82) is 0 Å². The molecule has 0 radical (unpaired) electrons. The van der Waals surface area contributed by atoms with Crippen LogP contribution < -0.4 is 15.4 Å². The second-order valence-electron chi connectivity index (χ2n) is 5.48. The predicted molar refractivity (Wildman–Crippen MR) is 89.0 cm³/mol. The summed E-state index contributed by atoms with van der Waals surface area (Å²) in [7, 11) is 5.86. The van der Waals surface area contributed by atoms with E-state index in [4.69, 9.17) is 4.74 Å². The number of rotatable bonds is 7. The van der Waals surface area contributed by atoms with Gasteiger partial charge in [0.25, 0.3) is 0 Å². The van der Waals surface area contributed by atoms with Gasteiger partial charge in [-0.3, -0.25) is 4.99 Å². The van der Waals surface area contributed by atoms with Crippen LogP contribution in [0.25, 0.3) is 0 Å². The summed E-state index contributed by atoms with van der Waals surface area (Å²) in [6.45, 7) is 6.45. The van der Waals surface area contributed by atoms with Gasteiger partial charge in [-0.25, -0.2) is 0 Å². The van der Waals surface area contributed by atoms with E-state index in [2.05, 4.69) is 40.4 Å². The third-order valence-electron chi connectivity index (χ3n) is 2.86. The molecule has 21 heavy (non-hydrogen) atoms. The van der Waals surface area contributed by atoms with Crippen LogP contribution in [-0.2, 0) is 6.54 Å². The van der Waals surface area contributed by atoms with Crippen LogP contribution in [0.1, 0.15) is 19.4 Å². The Morgan fingerprint density at radius 1 is 1.29 bits per heavy atom. The van der Waals surface area contributed by atoms with E-state index in [-0.39, 0.29) is 0 Å². The highest BCUT2D eigenvalue weighted by molar-refractivity contribution is 5.79. The number of hydrogen-bond acceptors (Lipinski definition) is 3. The Kier molecular flexibility index (Phi) is 7.61. The molecular weight excluding hydrogens is 264 g/mol. The topological polar surface area (TPSA) is 48.9 Å². The number of guanidine groups is 1. The maximum atomic E-state index is 5.85. The molecule has 2 N–H and O–H groups in total. The molecule has 0 atom stereocenters. The van der Waals surface area contributed by atoms with Crippen molar-refractivity contribution in [2.75, 3.05) is 34.3 Å². The lowest BCUT2D eigenvalue weighted by Crippen LogP contribution is -2.40. The van der Waals surface area contributed by atoms with Crippen LogP contribution in [0.4, 0.5) is 0 Å². The van der Waals surface area contributed by atoms with Crippen molar-refractivity contribution in [1.82, 2.24) is 15.5 Å². The van der Waals surface area contributed by atoms with Crippen LogP contribution in [0.3, 0.4) is 0 Å². The first-order chi connectivity index (χ1) is 10.0. The fourth-order valence-corrected chi connectivity index (χ4v) is 1.78. The summed E-state index contributed by atoms with van der Waals surface area (Å²) in [5.41, 5.74) is 1.13. The van der Waals surface area contributed by atoms with Gasteiger partial charge in [0.15, 0.2) is 5.96 Å². The summed E-state index contributed by atoms with van der Waals surface area (Å²) in [6.07, 6.45) is 0. The fraction of sp³-hybridized carbons (Fsp3) is 0.562. The summed E-state index contributed by atoms with van der Waals surface area (Å²) in [5, 5.41) is 6.57. The Bertz CT molecular complexity index is 444. The minimum absolute atomic E-state index is 0.350. The summed E-state index contributed by atoms with van der Waals surface area (Å²) in [4.78, 5) is 6.31. The van der Waals surface area contributed by atoms with Crippen LogP contribution in [-0.4, -0.2) is 51.2 Å². The minimum atomic E-state index is 0.350. The van der Waals surface area contributed by atoms with E-state index in [0.717, 1.165) is 23.8 Å². The maximum absolute atomic E-state index is 5.85. The van der Waals surface area contributed by atoms with Gasteiger partial charge in [-0.15, -0.1) is 0 Å². The first-order valence-corrected chi connectivity index (χ1v) is 7.35. The average Bonchev–Trinajstić information content (AvgIpc) is 2.44. The largest absolute Gasteiger partial charge is 0.492 e. The van der Waals surface area contributed by atoms with E-state index in [9.17, 15) is 0 Å². The van der Waals surface area contributed by atoms with Gasteiger partial charge in [0.2, 0.25) is 0 Å². The maximum Gasteiger partial charge on any atom is 0.191 e. The molecule has 0 aliphatic heterocycles. The number of benzene rings is 1. The third-order valence-corrected chi connectivity index (χ3v) is 2.86. The number of aliphatic imine (C=N–C) groups is 1. The summed E-state index contributed by atoms with van der Waals surface area (Å²) in [6, 6.07) is 8.44. The van der Waals surface area contributed by atoms with Crippen molar-refractivity contribution < 1.29 is 4.74 Å². The number of nitrogens with zero attached hydrogens (tertiary/aromatic N) is 2. The summed E-state index contributed by atoms with van der Waals surface area (Å²) < 4.78 is 5.85. The molecular formula is C16H28N4O. The molecule has 1 aromatic carbocycles. The second kappa shape index (κ2) is 9.23. The highest BCUT2D eigenvalue weighted by atomic mass is 16.5. The molecule has 0 saturated heterocycles. The molecule has 0 saturated carbocycles. The molecule has 0 aromatic heterocycles. The number of ether oxygens (including phenoxy) is 1. The van der Waals surface area contributed by atoms with Gasteiger partial charge in [0, 0.05) is 31.7 Å². The molecule has 0 spiro atoms. The van der Waals surface area contributed by atoms with Crippen LogP contribution in [0, 0.1) is 0 Å². The molecule has 0 fully saturated rings. The lowest BCUT2D eigenvalue weighted by Gasteiger charge is -2.17. The van der Waals surface area contributed by atoms with Gasteiger partial charge in [-0.2, -0.15) is 0 Å². The van der Waals surface area contributed by atoms with Crippen molar-refractivity contribution in [2.45, 2.75) is 26.4 Å². The zero-order chi connectivity index (χ0) is 15.7. The van der Waals surface area contributed by atoms with Crippen LogP contribution >= 0.6 is 0 Å². The molecule has 0 aliphatic carbocycles. The second-order valence-corrected chi connectivity index (χ2v) is 5.48. The van der Waals surface area contributed by atoms with Gasteiger partial charge >= 0.3 is 0 Å². The number of hydrogen-bond donors (Lipinski definition) is 2.